The quantitative estimate of drug-likeness (QED) is 0.666. The van der Waals surface area contributed by atoms with Crippen LogP contribution in [0.1, 0.15) is 13.8 Å². The predicted octanol–water partition coefficient (Wildman–Crippen LogP) is 1.95. The maximum Gasteiger partial charge on any atom is 0.255 e. The summed E-state index contributed by atoms with van der Waals surface area (Å²) in [4.78, 5) is 17.6. The highest BCUT2D eigenvalue weighted by molar-refractivity contribution is 5.79. The van der Waals surface area contributed by atoms with E-state index in [1.807, 2.05) is 19.9 Å². The zero-order valence-corrected chi connectivity index (χ0v) is 7.74. The van der Waals surface area contributed by atoms with Gasteiger partial charge in [0, 0.05) is 24.0 Å². The second kappa shape index (κ2) is 4.40. The van der Waals surface area contributed by atoms with Crippen molar-refractivity contribution >= 4 is 10.8 Å². The monoisotopic (exact) mass is 176 g/mol. The number of nitrogens with one attached hydrogen (secondary N) is 1. The number of aromatic amines is 1. The molecule has 2 aromatic rings. The van der Waals surface area contributed by atoms with Gasteiger partial charge in [-0.2, -0.15) is 0 Å². The van der Waals surface area contributed by atoms with Crippen molar-refractivity contribution < 1.29 is 0 Å². The summed E-state index contributed by atoms with van der Waals surface area (Å²) in [7, 11) is 0. The van der Waals surface area contributed by atoms with Gasteiger partial charge in [-0.3, -0.25) is 9.78 Å². The summed E-state index contributed by atoms with van der Waals surface area (Å²) in [6, 6.07) is 3.53. The summed E-state index contributed by atoms with van der Waals surface area (Å²) in [6.07, 6.45) is 4.90. The Bertz CT molecular complexity index is 429. The topological polar surface area (TPSA) is 45.8 Å². The number of aromatic nitrogens is 2. The van der Waals surface area contributed by atoms with Gasteiger partial charge in [-0.05, 0) is 12.1 Å². The highest BCUT2D eigenvalue weighted by atomic mass is 16.1. The summed E-state index contributed by atoms with van der Waals surface area (Å²) in [5.74, 6) is 0. The van der Waals surface area contributed by atoms with Gasteiger partial charge in [-0.15, -0.1) is 0 Å². The first-order chi connectivity index (χ1) is 6.38. The van der Waals surface area contributed by atoms with E-state index in [4.69, 9.17) is 0 Å². The second-order valence-corrected chi connectivity index (χ2v) is 2.27. The first-order valence-electron chi connectivity index (χ1n) is 4.29. The van der Waals surface area contributed by atoms with Crippen LogP contribution in [0.4, 0.5) is 0 Å². The number of hydrogen-bond donors (Lipinski definition) is 1. The molecule has 2 aromatic heterocycles. The number of H-pyrrole nitrogens is 1. The Morgan fingerprint density at radius 2 is 2.08 bits per heavy atom. The van der Waals surface area contributed by atoms with Crippen LogP contribution in [0.5, 0.6) is 0 Å². The Hall–Kier alpha value is -1.64. The predicted molar refractivity (Wildman–Crippen MR) is 53.7 cm³/mol. The lowest BCUT2D eigenvalue weighted by Gasteiger charge is -1.91. The van der Waals surface area contributed by atoms with Crippen molar-refractivity contribution in [1.82, 2.24) is 9.97 Å². The zero-order valence-electron chi connectivity index (χ0n) is 7.74. The van der Waals surface area contributed by atoms with E-state index < -0.39 is 0 Å². The van der Waals surface area contributed by atoms with Crippen LogP contribution in [-0.2, 0) is 0 Å². The number of fused-ring (bicyclic) bond motifs is 1. The van der Waals surface area contributed by atoms with Crippen LogP contribution in [0, 0.1) is 0 Å². The average Bonchev–Trinajstić information content (AvgIpc) is 2.22. The standard InChI is InChI=1S/C8H6N2O.C2H6/c11-8-7-2-3-9-5-6(7)1-4-10-8;1-2/h1-5H,(H,10,11);1-2H3. The highest BCUT2D eigenvalue weighted by Gasteiger charge is 1.93. The molecule has 0 aliphatic rings. The van der Waals surface area contributed by atoms with Crippen molar-refractivity contribution in [3.63, 3.8) is 0 Å². The molecule has 2 rings (SSSR count). The lowest BCUT2D eigenvalue weighted by atomic mass is 10.2. The second-order valence-electron chi connectivity index (χ2n) is 2.27. The summed E-state index contributed by atoms with van der Waals surface area (Å²) < 4.78 is 0. The molecular formula is C10H12N2O. The van der Waals surface area contributed by atoms with E-state index in [2.05, 4.69) is 9.97 Å². The minimum Gasteiger partial charge on any atom is -0.329 e. The van der Waals surface area contributed by atoms with Gasteiger partial charge in [-0.25, -0.2) is 0 Å². The minimum atomic E-state index is -0.0649. The molecule has 3 nitrogen and oxygen atoms in total. The molecular weight excluding hydrogens is 164 g/mol. The van der Waals surface area contributed by atoms with Gasteiger partial charge in [0.2, 0.25) is 0 Å². The fourth-order valence-electron chi connectivity index (χ4n) is 1.03. The molecule has 1 N–H and O–H groups in total. The van der Waals surface area contributed by atoms with E-state index in [0.717, 1.165) is 5.39 Å². The van der Waals surface area contributed by atoms with E-state index in [1.54, 1.807) is 24.7 Å². The summed E-state index contributed by atoms with van der Waals surface area (Å²) in [6.45, 7) is 4.00. The van der Waals surface area contributed by atoms with Crippen LogP contribution in [-0.4, -0.2) is 9.97 Å². The van der Waals surface area contributed by atoms with E-state index in [9.17, 15) is 4.79 Å². The molecule has 0 saturated heterocycles. The van der Waals surface area contributed by atoms with Crippen LogP contribution in [0.3, 0.4) is 0 Å². The van der Waals surface area contributed by atoms with Crippen molar-refractivity contribution in [2.75, 3.05) is 0 Å². The van der Waals surface area contributed by atoms with Crippen molar-refractivity contribution in [3.8, 4) is 0 Å². The fourth-order valence-corrected chi connectivity index (χ4v) is 1.03. The first kappa shape index (κ1) is 9.45. The third kappa shape index (κ3) is 1.93. The lowest BCUT2D eigenvalue weighted by molar-refractivity contribution is 1.26. The molecule has 68 valence electrons. The minimum absolute atomic E-state index is 0.0649. The largest absolute Gasteiger partial charge is 0.329 e. The summed E-state index contributed by atoms with van der Waals surface area (Å²) in [5, 5.41) is 1.55. The van der Waals surface area contributed by atoms with Crippen LogP contribution < -0.4 is 5.56 Å². The molecule has 2 heterocycles. The van der Waals surface area contributed by atoms with Gasteiger partial charge in [0.05, 0.1) is 5.39 Å². The SMILES string of the molecule is CC.O=c1[nH]ccc2cnccc12. The van der Waals surface area contributed by atoms with E-state index in [1.165, 1.54) is 0 Å². The molecule has 0 fully saturated rings. The third-order valence-corrected chi connectivity index (χ3v) is 1.57. The Balaban J connectivity index is 0.000000396. The van der Waals surface area contributed by atoms with Crippen molar-refractivity contribution in [1.29, 1.82) is 0 Å². The summed E-state index contributed by atoms with van der Waals surface area (Å²) >= 11 is 0. The third-order valence-electron chi connectivity index (χ3n) is 1.57. The highest BCUT2D eigenvalue weighted by Crippen LogP contribution is 2.03. The van der Waals surface area contributed by atoms with Gasteiger partial charge in [-0.1, -0.05) is 13.8 Å². The van der Waals surface area contributed by atoms with E-state index in [0.29, 0.717) is 5.39 Å². The molecule has 0 amide bonds. The fraction of sp³-hybridized carbons (Fsp3) is 0.200. The normalized spacial score (nSPS) is 9.08. The maximum atomic E-state index is 11.1. The zero-order chi connectivity index (χ0) is 9.68. The number of pyridine rings is 2. The van der Waals surface area contributed by atoms with Gasteiger partial charge >= 0.3 is 0 Å². The smallest absolute Gasteiger partial charge is 0.255 e. The molecule has 13 heavy (non-hydrogen) atoms. The number of rotatable bonds is 0. The molecule has 0 saturated carbocycles. The molecule has 0 unspecified atom stereocenters. The first-order valence-corrected chi connectivity index (χ1v) is 4.29. The van der Waals surface area contributed by atoms with E-state index >= 15 is 0 Å². The Labute approximate surface area is 76.4 Å². The molecule has 0 atom stereocenters. The van der Waals surface area contributed by atoms with Crippen molar-refractivity contribution in [2.24, 2.45) is 0 Å². The van der Waals surface area contributed by atoms with Gasteiger partial charge in [0.25, 0.3) is 5.56 Å². The lowest BCUT2D eigenvalue weighted by Crippen LogP contribution is -2.03. The van der Waals surface area contributed by atoms with Crippen LogP contribution in [0.2, 0.25) is 0 Å². The number of hydrogen-bond acceptors (Lipinski definition) is 2. The molecule has 0 spiro atoms. The van der Waals surface area contributed by atoms with Gasteiger partial charge in [0.15, 0.2) is 0 Å². The molecule has 0 aromatic carbocycles. The summed E-state index contributed by atoms with van der Waals surface area (Å²) in [5.41, 5.74) is -0.0649. The molecule has 3 heteroatoms. The molecule has 0 bridgehead atoms. The van der Waals surface area contributed by atoms with Crippen molar-refractivity contribution in [3.05, 3.63) is 41.1 Å². The molecule has 0 aliphatic carbocycles. The Morgan fingerprint density at radius 3 is 2.77 bits per heavy atom. The van der Waals surface area contributed by atoms with Crippen molar-refractivity contribution in [2.45, 2.75) is 13.8 Å². The van der Waals surface area contributed by atoms with Crippen LogP contribution >= 0.6 is 0 Å². The van der Waals surface area contributed by atoms with Crippen LogP contribution in [0.15, 0.2) is 35.5 Å². The molecule has 0 radical (unpaired) electrons. The van der Waals surface area contributed by atoms with Gasteiger partial charge < -0.3 is 4.98 Å². The van der Waals surface area contributed by atoms with Crippen LogP contribution in [0.25, 0.3) is 10.8 Å². The maximum absolute atomic E-state index is 11.1. The van der Waals surface area contributed by atoms with E-state index in [-0.39, 0.29) is 5.56 Å². The Morgan fingerprint density at radius 1 is 1.31 bits per heavy atom. The molecule has 0 aliphatic heterocycles. The average molecular weight is 176 g/mol. The number of nitrogens with zero attached hydrogens (tertiary/aromatic N) is 1. The Kier molecular flexibility index (Phi) is 3.20. The van der Waals surface area contributed by atoms with Gasteiger partial charge in [0.1, 0.15) is 0 Å².